The largest absolute Gasteiger partial charge is 0.374 e. The topological polar surface area (TPSA) is 82.2 Å². The zero-order chi connectivity index (χ0) is 24.7. The van der Waals surface area contributed by atoms with Crippen LogP contribution in [0.1, 0.15) is 45.6 Å². The fraction of sp³-hybridized carbons (Fsp3) is 0.720. The van der Waals surface area contributed by atoms with Gasteiger partial charge in [0.1, 0.15) is 0 Å². The van der Waals surface area contributed by atoms with Crippen molar-refractivity contribution in [1.29, 1.82) is 0 Å². The lowest BCUT2D eigenvalue weighted by Crippen LogP contribution is -2.52. The van der Waals surface area contributed by atoms with E-state index >= 15 is 0 Å². The lowest BCUT2D eigenvalue weighted by atomic mass is 9.99. The number of rotatable bonds is 10. The maximum atomic E-state index is 13.0. The number of hydrogen-bond donors (Lipinski definition) is 1. The summed E-state index contributed by atoms with van der Waals surface area (Å²) in [7, 11) is -3.52. The van der Waals surface area contributed by atoms with Crippen LogP contribution in [0.25, 0.3) is 0 Å². The SMILES string of the molecule is CC[C@@H](C)c1ccc(S(=O)(=O)N2CCN(CC(=O)NC[C@@H]3CN(CC(C)C)CCO3)CC2)cc1. The molecule has 0 spiro atoms. The molecule has 2 heterocycles. The third-order valence-corrected chi connectivity index (χ3v) is 8.68. The van der Waals surface area contributed by atoms with Gasteiger partial charge in [-0.15, -0.1) is 0 Å². The number of hydrogen-bond acceptors (Lipinski definition) is 6. The van der Waals surface area contributed by atoms with E-state index in [1.807, 2.05) is 17.0 Å². The minimum atomic E-state index is -3.52. The summed E-state index contributed by atoms with van der Waals surface area (Å²) in [6.07, 6.45) is 1.04. The number of amides is 1. The van der Waals surface area contributed by atoms with Crippen LogP contribution in [-0.4, -0.2) is 100 Å². The first-order chi connectivity index (χ1) is 16.2. The summed E-state index contributed by atoms with van der Waals surface area (Å²) >= 11 is 0. The molecule has 0 aliphatic carbocycles. The van der Waals surface area contributed by atoms with E-state index in [1.54, 1.807) is 12.1 Å². The van der Waals surface area contributed by atoms with Gasteiger partial charge in [0.25, 0.3) is 0 Å². The zero-order valence-electron chi connectivity index (χ0n) is 21.2. The molecule has 2 aliphatic heterocycles. The minimum Gasteiger partial charge on any atom is -0.374 e. The molecule has 2 fully saturated rings. The lowest BCUT2D eigenvalue weighted by Gasteiger charge is -2.35. The molecule has 1 N–H and O–H groups in total. The minimum absolute atomic E-state index is 0.0187. The van der Waals surface area contributed by atoms with Crippen LogP contribution in [0.2, 0.25) is 0 Å². The number of nitrogens with zero attached hydrogens (tertiary/aromatic N) is 3. The molecule has 192 valence electrons. The molecule has 3 rings (SSSR count). The van der Waals surface area contributed by atoms with E-state index in [0.717, 1.165) is 31.6 Å². The van der Waals surface area contributed by atoms with Crippen LogP contribution < -0.4 is 5.32 Å². The number of carbonyl (C=O) groups excluding carboxylic acids is 1. The molecular weight excluding hydrogens is 452 g/mol. The van der Waals surface area contributed by atoms with E-state index in [1.165, 1.54) is 4.31 Å². The molecule has 0 radical (unpaired) electrons. The van der Waals surface area contributed by atoms with E-state index < -0.39 is 10.0 Å². The predicted molar refractivity (Wildman–Crippen MR) is 134 cm³/mol. The van der Waals surface area contributed by atoms with Crippen molar-refractivity contribution in [3.05, 3.63) is 29.8 Å². The second-order valence-electron chi connectivity index (χ2n) is 10.0. The van der Waals surface area contributed by atoms with Gasteiger partial charge in [0.2, 0.25) is 15.9 Å². The number of nitrogens with one attached hydrogen (secondary N) is 1. The Labute approximate surface area is 205 Å². The van der Waals surface area contributed by atoms with E-state index in [9.17, 15) is 13.2 Å². The Balaban J connectivity index is 1.42. The summed E-state index contributed by atoms with van der Waals surface area (Å²) in [5, 5.41) is 3.00. The van der Waals surface area contributed by atoms with Gasteiger partial charge in [-0.05, 0) is 36.0 Å². The number of carbonyl (C=O) groups is 1. The van der Waals surface area contributed by atoms with Crippen LogP contribution in [0.4, 0.5) is 0 Å². The maximum Gasteiger partial charge on any atom is 0.243 e. The zero-order valence-corrected chi connectivity index (χ0v) is 22.0. The highest BCUT2D eigenvalue weighted by Crippen LogP contribution is 2.23. The molecule has 34 heavy (non-hydrogen) atoms. The summed E-state index contributed by atoms with van der Waals surface area (Å²) in [4.78, 5) is 17.2. The third kappa shape index (κ3) is 7.49. The number of ether oxygens (including phenoxy) is 1. The maximum absolute atomic E-state index is 13.0. The summed E-state index contributed by atoms with van der Waals surface area (Å²) in [6, 6.07) is 7.26. The molecule has 1 aromatic carbocycles. The third-order valence-electron chi connectivity index (χ3n) is 6.77. The molecule has 1 amide bonds. The summed E-state index contributed by atoms with van der Waals surface area (Å²) in [5.74, 6) is 0.983. The first-order valence-electron chi connectivity index (χ1n) is 12.6. The first kappa shape index (κ1) is 27.1. The second kappa shape index (κ2) is 12.4. The van der Waals surface area contributed by atoms with E-state index in [-0.39, 0.29) is 18.6 Å². The van der Waals surface area contributed by atoms with Gasteiger partial charge in [-0.3, -0.25) is 14.6 Å². The summed E-state index contributed by atoms with van der Waals surface area (Å²) in [5.41, 5.74) is 1.16. The number of benzene rings is 1. The molecule has 0 bridgehead atoms. The Morgan fingerprint density at radius 3 is 2.35 bits per heavy atom. The summed E-state index contributed by atoms with van der Waals surface area (Å²) < 4.78 is 33.4. The Morgan fingerprint density at radius 2 is 1.74 bits per heavy atom. The Kier molecular flexibility index (Phi) is 9.91. The highest BCUT2D eigenvalue weighted by Gasteiger charge is 2.29. The molecule has 8 nitrogen and oxygen atoms in total. The number of morpholine rings is 1. The molecule has 2 saturated heterocycles. The van der Waals surface area contributed by atoms with Crippen molar-refractivity contribution < 1.29 is 17.9 Å². The van der Waals surface area contributed by atoms with Crippen molar-refractivity contribution >= 4 is 15.9 Å². The fourth-order valence-electron chi connectivity index (χ4n) is 4.55. The van der Waals surface area contributed by atoms with Gasteiger partial charge in [-0.2, -0.15) is 4.31 Å². The molecule has 0 unspecified atom stereocenters. The number of piperazine rings is 1. The first-order valence-corrected chi connectivity index (χ1v) is 14.1. The van der Waals surface area contributed by atoms with Crippen molar-refractivity contribution in [2.24, 2.45) is 5.92 Å². The standard InChI is InChI=1S/C25H42N4O4S/c1-5-21(4)22-6-8-24(9-7-22)34(31,32)29-12-10-27(11-13-29)19-25(30)26-16-23-18-28(14-15-33-23)17-20(2)3/h6-9,20-21,23H,5,10-19H2,1-4H3,(H,26,30)/t21-,23-/m1/s1. The average molecular weight is 495 g/mol. The summed E-state index contributed by atoms with van der Waals surface area (Å²) in [6.45, 7) is 14.9. The van der Waals surface area contributed by atoms with Crippen LogP contribution >= 0.6 is 0 Å². The van der Waals surface area contributed by atoms with Gasteiger partial charge in [0, 0.05) is 52.4 Å². The second-order valence-corrected chi connectivity index (χ2v) is 11.9. The van der Waals surface area contributed by atoms with Gasteiger partial charge in [0.05, 0.1) is 24.2 Å². The number of sulfonamides is 1. The Hall–Kier alpha value is -1.52. The van der Waals surface area contributed by atoms with Gasteiger partial charge >= 0.3 is 0 Å². The van der Waals surface area contributed by atoms with Crippen molar-refractivity contribution in [3.8, 4) is 0 Å². The van der Waals surface area contributed by atoms with E-state index in [2.05, 4.69) is 37.9 Å². The van der Waals surface area contributed by atoms with Crippen LogP contribution in [-0.2, 0) is 19.6 Å². The normalized spacial score (nSPS) is 22.1. The van der Waals surface area contributed by atoms with Crippen molar-refractivity contribution in [3.63, 3.8) is 0 Å². The molecular formula is C25H42N4O4S. The smallest absolute Gasteiger partial charge is 0.243 e. The van der Waals surface area contributed by atoms with Crippen molar-refractivity contribution in [1.82, 2.24) is 19.4 Å². The monoisotopic (exact) mass is 494 g/mol. The van der Waals surface area contributed by atoms with Crippen LogP contribution in [0.15, 0.2) is 29.2 Å². The highest BCUT2D eigenvalue weighted by molar-refractivity contribution is 7.89. The Bertz CT molecular complexity index is 883. The van der Waals surface area contributed by atoms with Gasteiger partial charge in [0.15, 0.2) is 0 Å². The molecule has 2 aliphatic rings. The van der Waals surface area contributed by atoms with E-state index in [0.29, 0.717) is 56.1 Å². The Morgan fingerprint density at radius 1 is 1.06 bits per heavy atom. The quantitative estimate of drug-likeness (QED) is 0.536. The van der Waals surface area contributed by atoms with Crippen LogP contribution in [0.3, 0.4) is 0 Å². The lowest BCUT2D eigenvalue weighted by molar-refractivity contribution is -0.123. The molecule has 0 saturated carbocycles. The fourth-order valence-corrected chi connectivity index (χ4v) is 5.98. The molecule has 2 atom stereocenters. The van der Waals surface area contributed by atoms with Gasteiger partial charge < -0.3 is 10.1 Å². The highest BCUT2D eigenvalue weighted by atomic mass is 32.2. The molecule has 1 aromatic rings. The van der Waals surface area contributed by atoms with Gasteiger partial charge in [-0.25, -0.2) is 8.42 Å². The predicted octanol–water partition coefficient (Wildman–Crippen LogP) is 1.98. The van der Waals surface area contributed by atoms with Crippen LogP contribution in [0.5, 0.6) is 0 Å². The van der Waals surface area contributed by atoms with Crippen molar-refractivity contribution in [2.75, 3.05) is 65.5 Å². The van der Waals surface area contributed by atoms with Crippen molar-refractivity contribution in [2.45, 2.75) is 51.0 Å². The van der Waals surface area contributed by atoms with E-state index in [4.69, 9.17) is 4.74 Å². The average Bonchev–Trinajstić information content (AvgIpc) is 2.82. The van der Waals surface area contributed by atoms with Crippen LogP contribution in [0, 0.1) is 5.92 Å². The molecule has 9 heteroatoms. The molecule has 0 aromatic heterocycles. The van der Waals surface area contributed by atoms with Gasteiger partial charge in [-0.1, -0.05) is 39.8 Å².